The Balaban J connectivity index is 2.65. The lowest BCUT2D eigenvalue weighted by molar-refractivity contribution is -0.151. The molecule has 0 spiro atoms. The zero-order valence-electron chi connectivity index (χ0n) is 13.3. The van der Waals surface area contributed by atoms with Gasteiger partial charge in [-0.1, -0.05) is 58.3 Å². The molecule has 1 rings (SSSR count). The molecule has 2 N–H and O–H groups in total. The Hall–Kier alpha value is -0.290. The molecule has 2 unspecified atom stereocenters. The molecule has 5 heteroatoms. The highest BCUT2D eigenvalue weighted by molar-refractivity contribution is 4.83. The number of hydrogen-bond acceptors (Lipinski definition) is 2. The average Bonchev–Trinajstić information content (AvgIpc) is 2.39. The molecular formula is C16H31F3N2. The van der Waals surface area contributed by atoms with Crippen LogP contribution < -0.4 is 5.73 Å². The van der Waals surface area contributed by atoms with Crippen LogP contribution in [-0.2, 0) is 0 Å². The first kappa shape index (κ1) is 18.8. The molecule has 1 aliphatic carbocycles. The maximum atomic E-state index is 12.7. The normalized spacial score (nSPS) is 27.1. The first-order valence-corrected chi connectivity index (χ1v) is 8.50. The smallest absolute Gasteiger partial charge is 0.326 e. The van der Waals surface area contributed by atoms with Crippen LogP contribution in [0, 0.1) is 0 Å². The fourth-order valence-corrected chi connectivity index (χ4v) is 3.35. The number of nitrogens with zero attached hydrogens (tertiary/aromatic N) is 1. The third-order valence-electron chi connectivity index (χ3n) is 4.54. The van der Waals surface area contributed by atoms with E-state index < -0.39 is 12.7 Å². The maximum absolute atomic E-state index is 12.7. The molecule has 21 heavy (non-hydrogen) atoms. The second-order valence-electron chi connectivity index (χ2n) is 6.32. The van der Waals surface area contributed by atoms with Crippen LogP contribution in [0.15, 0.2) is 0 Å². The van der Waals surface area contributed by atoms with Crippen LogP contribution in [-0.4, -0.2) is 36.2 Å². The topological polar surface area (TPSA) is 29.3 Å². The molecule has 0 heterocycles. The summed E-state index contributed by atoms with van der Waals surface area (Å²) in [5.74, 6) is 0. The van der Waals surface area contributed by atoms with Crippen molar-refractivity contribution in [2.75, 3.05) is 13.1 Å². The summed E-state index contributed by atoms with van der Waals surface area (Å²) < 4.78 is 38.2. The van der Waals surface area contributed by atoms with Gasteiger partial charge in [0.25, 0.3) is 0 Å². The van der Waals surface area contributed by atoms with Crippen molar-refractivity contribution < 1.29 is 13.2 Å². The zero-order valence-corrected chi connectivity index (χ0v) is 13.3. The maximum Gasteiger partial charge on any atom is 0.401 e. The number of rotatable bonds is 3. The van der Waals surface area contributed by atoms with Crippen LogP contribution in [0.1, 0.15) is 71.1 Å². The minimum Gasteiger partial charge on any atom is -0.326 e. The van der Waals surface area contributed by atoms with Crippen molar-refractivity contribution in [1.29, 1.82) is 0 Å². The monoisotopic (exact) mass is 308 g/mol. The Morgan fingerprint density at radius 2 is 1.38 bits per heavy atom. The molecule has 0 aromatic heterocycles. The van der Waals surface area contributed by atoms with Crippen LogP contribution in [0.3, 0.4) is 0 Å². The molecule has 1 saturated carbocycles. The summed E-state index contributed by atoms with van der Waals surface area (Å²) in [5, 5.41) is 0. The summed E-state index contributed by atoms with van der Waals surface area (Å²) in [6.07, 6.45) is 6.80. The van der Waals surface area contributed by atoms with Gasteiger partial charge in [-0.3, -0.25) is 4.90 Å². The number of halogens is 3. The Morgan fingerprint density at radius 3 is 1.86 bits per heavy atom. The highest BCUT2D eigenvalue weighted by Crippen LogP contribution is 2.24. The molecule has 1 fully saturated rings. The van der Waals surface area contributed by atoms with Crippen LogP contribution in [0.4, 0.5) is 13.2 Å². The van der Waals surface area contributed by atoms with Crippen molar-refractivity contribution in [2.45, 2.75) is 89.4 Å². The van der Waals surface area contributed by atoms with Gasteiger partial charge < -0.3 is 5.73 Å². The average molecular weight is 308 g/mol. The Labute approximate surface area is 127 Å². The Morgan fingerprint density at radius 1 is 0.905 bits per heavy atom. The summed E-state index contributed by atoms with van der Waals surface area (Å²) in [5.41, 5.74) is 6.25. The third kappa shape index (κ3) is 8.05. The quantitative estimate of drug-likeness (QED) is 0.833. The van der Waals surface area contributed by atoms with Crippen LogP contribution in [0.2, 0.25) is 0 Å². The Bertz CT molecular complexity index is 269. The lowest BCUT2D eigenvalue weighted by atomic mass is 9.93. The van der Waals surface area contributed by atoms with E-state index in [-0.39, 0.29) is 12.1 Å². The van der Waals surface area contributed by atoms with Gasteiger partial charge in [-0.05, 0) is 19.4 Å². The predicted octanol–water partition coefficient (Wildman–Crippen LogP) is 4.48. The van der Waals surface area contributed by atoms with Crippen molar-refractivity contribution in [3.05, 3.63) is 0 Å². The van der Waals surface area contributed by atoms with Crippen molar-refractivity contribution in [3.63, 3.8) is 0 Å². The van der Waals surface area contributed by atoms with Gasteiger partial charge in [-0.25, -0.2) is 0 Å². The van der Waals surface area contributed by atoms with E-state index in [4.69, 9.17) is 5.73 Å². The molecule has 0 amide bonds. The van der Waals surface area contributed by atoms with E-state index in [1.807, 2.05) is 0 Å². The summed E-state index contributed by atoms with van der Waals surface area (Å²) in [4.78, 5) is 1.54. The Kier molecular flexibility index (Phi) is 8.64. The van der Waals surface area contributed by atoms with Gasteiger partial charge >= 0.3 is 6.18 Å². The molecule has 0 aromatic carbocycles. The molecule has 0 bridgehead atoms. The van der Waals surface area contributed by atoms with Gasteiger partial charge in [0.1, 0.15) is 0 Å². The SMILES string of the molecule is CCN(CC(F)(F)F)C1CCCCCCCCCCC1N. The van der Waals surface area contributed by atoms with Crippen LogP contribution >= 0.6 is 0 Å². The summed E-state index contributed by atoms with van der Waals surface area (Å²) in [7, 11) is 0. The zero-order chi connectivity index (χ0) is 15.7. The van der Waals surface area contributed by atoms with Gasteiger partial charge in [0.2, 0.25) is 0 Å². The lowest BCUT2D eigenvalue weighted by Crippen LogP contribution is -2.50. The fourth-order valence-electron chi connectivity index (χ4n) is 3.35. The number of alkyl halides is 3. The molecule has 0 radical (unpaired) electrons. The molecule has 2 atom stereocenters. The summed E-state index contributed by atoms with van der Waals surface area (Å²) in [6.45, 7) is 1.38. The van der Waals surface area contributed by atoms with E-state index in [0.717, 1.165) is 38.5 Å². The van der Waals surface area contributed by atoms with Gasteiger partial charge in [0.05, 0.1) is 6.54 Å². The number of hydrogen-bond donors (Lipinski definition) is 1. The van der Waals surface area contributed by atoms with E-state index in [0.29, 0.717) is 6.54 Å². The van der Waals surface area contributed by atoms with Crippen molar-refractivity contribution in [2.24, 2.45) is 5.73 Å². The minimum atomic E-state index is -4.14. The van der Waals surface area contributed by atoms with Gasteiger partial charge in [-0.15, -0.1) is 0 Å². The van der Waals surface area contributed by atoms with Crippen molar-refractivity contribution >= 4 is 0 Å². The molecule has 0 aromatic rings. The third-order valence-corrected chi connectivity index (χ3v) is 4.54. The second-order valence-corrected chi connectivity index (χ2v) is 6.32. The largest absolute Gasteiger partial charge is 0.401 e. The highest BCUT2D eigenvalue weighted by Gasteiger charge is 2.34. The number of nitrogens with two attached hydrogens (primary N) is 1. The lowest BCUT2D eigenvalue weighted by Gasteiger charge is -2.35. The molecule has 1 aliphatic rings. The first-order chi connectivity index (χ1) is 9.94. The van der Waals surface area contributed by atoms with Crippen molar-refractivity contribution in [3.8, 4) is 0 Å². The van der Waals surface area contributed by atoms with E-state index in [2.05, 4.69) is 0 Å². The molecular weight excluding hydrogens is 277 g/mol. The van der Waals surface area contributed by atoms with Crippen LogP contribution in [0.5, 0.6) is 0 Å². The minimum absolute atomic E-state index is 0.129. The van der Waals surface area contributed by atoms with Crippen LogP contribution in [0.25, 0.3) is 0 Å². The van der Waals surface area contributed by atoms with E-state index in [1.165, 1.54) is 30.6 Å². The fraction of sp³-hybridized carbons (Fsp3) is 1.00. The molecule has 0 aliphatic heterocycles. The standard InChI is InChI=1S/C16H31F3N2/c1-2-21(13-16(17,18)19)15-12-10-8-6-4-3-5-7-9-11-14(15)20/h14-15H,2-13,20H2,1H3. The van der Waals surface area contributed by atoms with E-state index >= 15 is 0 Å². The van der Waals surface area contributed by atoms with Gasteiger partial charge in [0, 0.05) is 12.1 Å². The second kappa shape index (κ2) is 9.67. The molecule has 0 saturated heterocycles. The van der Waals surface area contributed by atoms with Gasteiger partial charge in [0.15, 0.2) is 0 Å². The van der Waals surface area contributed by atoms with Crippen molar-refractivity contribution in [1.82, 2.24) is 4.90 Å². The predicted molar refractivity (Wildman–Crippen MR) is 81.2 cm³/mol. The van der Waals surface area contributed by atoms with E-state index in [1.54, 1.807) is 6.92 Å². The molecule has 126 valence electrons. The summed E-state index contributed by atoms with van der Waals surface area (Å²) >= 11 is 0. The van der Waals surface area contributed by atoms with E-state index in [9.17, 15) is 13.2 Å². The number of likely N-dealkylation sites (N-methyl/N-ethyl adjacent to an activating group) is 1. The highest BCUT2D eigenvalue weighted by atomic mass is 19.4. The first-order valence-electron chi connectivity index (χ1n) is 8.50. The molecule has 2 nitrogen and oxygen atoms in total. The summed E-state index contributed by atoms with van der Waals surface area (Å²) in [6, 6.07) is -0.261. The van der Waals surface area contributed by atoms with Gasteiger partial charge in [-0.2, -0.15) is 13.2 Å².